The Bertz CT molecular complexity index is 1190. The molecule has 4 aromatic heterocycles. The maximum absolute atomic E-state index is 12.2. The van der Waals surface area contributed by atoms with Crippen molar-refractivity contribution in [1.82, 2.24) is 30.2 Å². The van der Waals surface area contributed by atoms with Crippen LogP contribution in [-0.2, 0) is 4.79 Å². The molecule has 4 aromatic rings. The van der Waals surface area contributed by atoms with Crippen molar-refractivity contribution in [3.8, 4) is 22.8 Å². The fourth-order valence-electron chi connectivity index (χ4n) is 3.33. The lowest BCUT2D eigenvalue weighted by Crippen LogP contribution is -2.21. The number of likely N-dealkylation sites (N-methyl/N-ethyl adjacent to an activating group) is 1. The van der Waals surface area contributed by atoms with Gasteiger partial charge in [0.25, 0.3) is 0 Å². The van der Waals surface area contributed by atoms with Gasteiger partial charge in [0.05, 0.1) is 17.1 Å². The quantitative estimate of drug-likeness (QED) is 0.536. The smallest absolute Gasteiger partial charge is 0.233 e. The van der Waals surface area contributed by atoms with Crippen LogP contribution in [0.3, 0.4) is 0 Å². The van der Waals surface area contributed by atoms with Gasteiger partial charge in [-0.15, -0.1) is 0 Å². The number of carbonyl (C=O) groups is 1. The molecule has 0 radical (unpaired) electrons. The molecule has 30 heavy (non-hydrogen) atoms. The Morgan fingerprint density at radius 2 is 1.90 bits per heavy atom. The van der Waals surface area contributed by atoms with Crippen LogP contribution in [0.15, 0.2) is 57.9 Å². The van der Waals surface area contributed by atoms with Gasteiger partial charge in [-0.05, 0) is 24.6 Å². The van der Waals surface area contributed by atoms with Crippen LogP contribution in [0.2, 0.25) is 0 Å². The molecule has 1 atom stereocenters. The Balaban J connectivity index is 1.41. The molecule has 1 amide bonds. The second-order valence-corrected chi connectivity index (χ2v) is 6.90. The summed E-state index contributed by atoms with van der Waals surface area (Å²) < 4.78 is 10.3. The van der Waals surface area contributed by atoms with E-state index in [1.807, 2.05) is 18.2 Å². The molecule has 1 unspecified atom stereocenters. The van der Waals surface area contributed by atoms with Crippen LogP contribution in [-0.4, -0.2) is 49.7 Å². The number of rotatable bonds is 5. The second-order valence-electron chi connectivity index (χ2n) is 6.90. The number of amides is 1. The van der Waals surface area contributed by atoms with Gasteiger partial charge in [-0.2, -0.15) is 0 Å². The molecule has 5 heterocycles. The van der Waals surface area contributed by atoms with E-state index in [0.717, 1.165) is 6.42 Å². The lowest BCUT2D eigenvalue weighted by atomic mass is 10.0. The number of carbonyl (C=O) groups excluding carboxylic acids is 1. The monoisotopic (exact) mass is 403 g/mol. The van der Waals surface area contributed by atoms with Crippen LogP contribution in [0.4, 0.5) is 11.8 Å². The van der Waals surface area contributed by atoms with E-state index in [2.05, 4.69) is 30.6 Å². The predicted octanol–water partition coefficient (Wildman–Crippen LogP) is 2.87. The molecule has 0 spiro atoms. The summed E-state index contributed by atoms with van der Waals surface area (Å²) in [5.41, 5.74) is 2.49. The first-order valence-corrected chi connectivity index (χ1v) is 9.37. The summed E-state index contributed by atoms with van der Waals surface area (Å²) in [6.07, 6.45) is 3.82. The molecular weight excluding hydrogens is 386 g/mol. The maximum atomic E-state index is 12.2. The highest BCUT2D eigenvalue weighted by Crippen LogP contribution is 2.30. The van der Waals surface area contributed by atoms with Crippen molar-refractivity contribution < 1.29 is 13.8 Å². The first-order valence-electron chi connectivity index (χ1n) is 9.37. The number of anilines is 2. The van der Waals surface area contributed by atoms with Crippen molar-refractivity contribution >= 4 is 17.7 Å². The van der Waals surface area contributed by atoms with Crippen LogP contribution in [0.25, 0.3) is 22.8 Å². The fourth-order valence-corrected chi connectivity index (χ4v) is 3.33. The van der Waals surface area contributed by atoms with E-state index in [-0.39, 0.29) is 11.8 Å². The van der Waals surface area contributed by atoms with E-state index in [1.54, 1.807) is 36.3 Å². The van der Waals surface area contributed by atoms with E-state index in [1.165, 1.54) is 6.26 Å². The normalized spacial score (nSPS) is 16.2. The summed E-state index contributed by atoms with van der Waals surface area (Å²) in [6, 6.07) is 10.8. The minimum atomic E-state index is -0.286. The average Bonchev–Trinajstić information content (AvgIpc) is 3.52. The predicted molar refractivity (Wildman–Crippen MR) is 106 cm³/mol. The number of hydrogen-bond donors (Lipinski definition) is 1. The van der Waals surface area contributed by atoms with Crippen molar-refractivity contribution in [2.24, 2.45) is 0 Å². The average molecular weight is 403 g/mol. The van der Waals surface area contributed by atoms with Crippen molar-refractivity contribution in [1.29, 1.82) is 0 Å². The zero-order valence-corrected chi connectivity index (χ0v) is 16.0. The molecule has 1 fully saturated rings. The lowest BCUT2D eigenvalue weighted by molar-refractivity contribution is -0.128. The molecule has 0 saturated carbocycles. The van der Waals surface area contributed by atoms with Crippen molar-refractivity contribution in [3.63, 3.8) is 0 Å². The zero-order valence-electron chi connectivity index (χ0n) is 16.0. The fraction of sp³-hybridized carbons (Fsp3) is 0.200. The number of nitrogens with one attached hydrogen (secondary N) is 1. The standard InChI is InChI=1S/C20H17N7O3/c1-27-9-6-12(19(27)28)17-11-16(25-30-17)14-4-2-3-13(22-14)15-5-8-21-20(23-15)24-18-7-10-29-26-18/h2-5,7-8,10-12H,6,9H2,1H3,(H,21,23,24,26). The number of aromatic nitrogens is 5. The molecular formula is C20H17N7O3. The van der Waals surface area contributed by atoms with Gasteiger partial charge in [0.2, 0.25) is 11.9 Å². The molecule has 5 rings (SSSR count). The third-order valence-corrected chi connectivity index (χ3v) is 4.91. The second kappa shape index (κ2) is 7.39. The van der Waals surface area contributed by atoms with E-state index in [9.17, 15) is 4.79 Å². The zero-order chi connectivity index (χ0) is 20.5. The Hall–Kier alpha value is -4.08. The minimum absolute atomic E-state index is 0.0486. The molecule has 1 N–H and O–H groups in total. The summed E-state index contributed by atoms with van der Waals surface area (Å²) in [4.78, 5) is 27.2. The van der Waals surface area contributed by atoms with Gasteiger partial charge >= 0.3 is 0 Å². The summed E-state index contributed by atoms with van der Waals surface area (Å²) in [7, 11) is 1.79. The lowest BCUT2D eigenvalue weighted by Gasteiger charge is -2.06. The number of nitrogens with zero attached hydrogens (tertiary/aromatic N) is 6. The van der Waals surface area contributed by atoms with E-state index in [4.69, 9.17) is 9.05 Å². The molecule has 10 heteroatoms. The topological polar surface area (TPSA) is 123 Å². The highest BCUT2D eigenvalue weighted by atomic mass is 16.5. The largest absolute Gasteiger partial charge is 0.363 e. The molecule has 1 aliphatic heterocycles. The van der Waals surface area contributed by atoms with Gasteiger partial charge in [0, 0.05) is 31.9 Å². The van der Waals surface area contributed by atoms with Crippen LogP contribution in [0.1, 0.15) is 18.1 Å². The number of likely N-dealkylation sites (tertiary alicyclic amines) is 1. The summed E-state index contributed by atoms with van der Waals surface area (Å²) in [6.45, 7) is 0.714. The Kier molecular flexibility index (Phi) is 4.43. The summed E-state index contributed by atoms with van der Waals surface area (Å²) in [5, 5.41) is 10.9. The Labute approximate surface area is 170 Å². The Morgan fingerprint density at radius 1 is 1.07 bits per heavy atom. The highest BCUT2D eigenvalue weighted by Gasteiger charge is 2.33. The third-order valence-electron chi connectivity index (χ3n) is 4.91. The van der Waals surface area contributed by atoms with E-state index < -0.39 is 0 Å². The molecule has 1 saturated heterocycles. The van der Waals surface area contributed by atoms with Crippen LogP contribution in [0, 0.1) is 0 Å². The first kappa shape index (κ1) is 18.0. The van der Waals surface area contributed by atoms with Gasteiger partial charge < -0.3 is 19.3 Å². The van der Waals surface area contributed by atoms with E-state index in [0.29, 0.717) is 46.8 Å². The Morgan fingerprint density at radius 3 is 2.67 bits per heavy atom. The molecule has 10 nitrogen and oxygen atoms in total. The van der Waals surface area contributed by atoms with Crippen molar-refractivity contribution in [2.45, 2.75) is 12.3 Å². The molecule has 0 bridgehead atoms. The number of pyridine rings is 1. The van der Waals surface area contributed by atoms with Crippen molar-refractivity contribution in [2.75, 3.05) is 18.9 Å². The molecule has 150 valence electrons. The number of hydrogen-bond acceptors (Lipinski definition) is 9. The molecule has 0 aliphatic carbocycles. The molecule has 1 aliphatic rings. The van der Waals surface area contributed by atoms with Crippen molar-refractivity contribution in [3.05, 3.63) is 54.6 Å². The third kappa shape index (κ3) is 3.39. The SMILES string of the molecule is CN1CCC(c2cc(-c3cccc(-c4ccnc(Nc5ccon5)n4)n3)no2)C1=O. The van der Waals surface area contributed by atoms with E-state index >= 15 is 0 Å². The van der Waals surface area contributed by atoms with Crippen LogP contribution < -0.4 is 5.32 Å². The van der Waals surface area contributed by atoms with Gasteiger partial charge in [-0.3, -0.25) is 4.79 Å². The van der Waals surface area contributed by atoms with Gasteiger partial charge in [-0.25, -0.2) is 15.0 Å². The minimum Gasteiger partial charge on any atom is -0.363 e. The first-order chi connectivity index (χ1) is 14.7. The van der Waals surface area contributed by atoms with Gasteiger partial charge in [0.1, 0.15) is 23.6 Å². The summed E-state index contributed by atoms with van der Waals surface area (Å²) in [5.74, 6) is 1.21. The molecule has 0 aromatic carbocycles. The van der Waals surface area contributed by atoms with Crippen LogP contribution in [0.5, 0.6) is 0 Å². The van der Waals surface area contributed by atoms with Crippen LogP contribution >= 0.6 is 0 Å². The highest BCUT2D eigenvalue weighted by molar-refractivity contribution is 5.85. The van der Waals surface area contributed by atoms with Gasteiger partial charge in [0.15, 0.2) is 5.82 Å². The summed E-state index contributed by atoms with van der Waals surface area (Å²) >= 11 is 0. The van der Waals surface area contributed by atoms with Gasteiger partial charge in [-0.1, -0.05) is 16.4 Å². The maximum Gasteiger partial charge on any atom is 0.233 e.